The Hall–Kier alpha value is -3.57. The Balaban J connectivity index is 1.52. The topological polar surface area (TPSA) is 56.4 Å². The van der Waals surface area contributed by atoms with Gasteiger partial charge in [-0.3, -0.25) is 9.59 Å². The first-order valence-electron chi connectivity index (χ1n) is 11.5. The average molecular weight is 470 g/mol. The van der Waals surface area contributed by atoms with Crippen molar-refractivity contribution >= 4 is 34.3 Å². The van der Waals surface area contributed by atoms with E-state index in [1.165, 1.54) is 0 Å². The number of piperazine rings is 1. The molecule has 0 unspecified atom stereocenters. The molecular formula is C28H24ClN3O2. The minimum absolute atomic E-state index is 0.0405. The van der Waals surface area contributed by atoms with Crippen molar-refractivity contribution in [3.8, 4) is 0 Å². The van der Waals surface area contributed by atoms with Gasteiger partial charge in [0.05, 0.1) is 5.69 Å². The van der Waals surface area contributed by atoms with Crippen molar-refractivity contribution in [2.75, 3.05) is 13.1 Å². The van der Waals surface area contributed by atoms with Gasteiger partial charge in [-0.25, -0.2) is 0 Å². The second-order valence-electron chi connectivity index (χ2n) is 9.29. The van der Waals surface area contributed by atoms with Gasteiger partial charge in [0.25, 0.3) is 5.91 Å². The lowest BCUT2D eigenvalue weighted by Gasteiger charge is -2.51. The van der Waals surface area contributed by atoms with Gasteiger partial charge in [0.2, 0.25) is 5.91 Å². The number of halogens is 1. The van der Waals surface area contributed by atoms with E-state index in [2.05, 4.69) is 11.1 Å². The van der Waals surface area contributed by atoms with E-state index in [1.54, 1.807) is 9.80 Å². The third-order valence-corrected chi connectivity index (χ3v) is 7.56. The van der Waals surface area contributed by atoms with Crippen LogP contribution in [0.25, 0.3) is 10.9 Å². The molecule has 0 spiro atoms. The minimum Gasteiger partial charge on any atom is -0.356 e. The molecule has 1 N–H and O–H groups in total. The molecule has 0 radical (unpaired) electrons. The van der Waals surface area contributed by atoms with Crippen molar-refractivity contribution < 1.29 is 9.59 Å². The summed E-state index contributed by atoms with van der Waals surface area (Å²) in [7, 11) is 0. The van der Waals surface area contributed by atoms with E-state index in [1.807, 2.05) is 79.7 Å². The molecule has 6 rings (SSSR count). The van der Waals surface area contributed by atoms with Crippen molar-refractivity contribution in [2.45, 2.75) is 24.9 Å². The average Bonchev–Trinajstić information content (AvgIpc) is 3.25. The Morgan fingerprint density at radius 1 is 0.971 bits per heavy atom. The second kappa shape index (κ2) is 7.74. The molecule has 5 nitrogen and oxygen atoms in total. The number of nitrogens with zero attached hydrogens (tertiary/aromatic N) is 2. The molecule has 170 valence electrons. The summed E-state index contributed by atoms with van der Waals surface area (Å²) in [6.45, 7) is 2.81. The number of amides is 2. The summed E-state index contributed by atoms with van der Waals surface area (Å²) in [5.74, 6) is -0.159. The van der Waals surface area contributed by atoms with Gasteiger partial charge in [-0.2, -0.15) is 0 Å². The van der Waals surface area contributed by atoms with Crippen LogP contribution in [0.1, 0.15) is 35.2 Å². The normalized spacial score (nSPS) is 22.1. The van der Waals surface area contributed by atoms with E-state index in [0.717, 1.165) is 33.3 Å². The predicted molar refractivity (Wildman–Crippen MR) is 133 cm³/mol. The summed E-state index contributed by atoms with van der Waals surface area (Å²) < 4.78 is 0. The van der Waals surface area contributed by atoms with Gasteiger partial charge in [-0.05, 0) is 41.8 Å². The first kappa shape index (κ1) is 21.0. The van der Waals surface area contributed by atoms with Crippen LogP contribution in [-0.4, -0.2) is 39.7 Å². The second-order valence-corrected chi connectivity index (χ2v) is 9.72. The van der Waals surface area contributed by atoms with Crippen molar-refractivity contribution in [2.24, 2.45) is 0 Å². The molecule has 1 saturated heterocycles. The molecule has 2 aliphatic rings. The van der Waals surface area contributed by atoms with Crippen LogP contribution < -0.4 is 0 Å². The lowest BCUT2D eigenvalue weighted by molar-refractivity contribution is -0.166. The van der Waals surface area contributed by atoms with Crippen molar-refractivity contribution in [1.82, 2.24) is 14.8 Å². The molecule has 0 aliphatic carbocycles. The van der Waals surface area contributed by atoms with Gasteiger partial charge in [0, 0.05) is 34.9 Å². The number of hydrogen-bond donors (Lipinski definition) is 1. The first-order chi connectivity index (χ1) is 16.5. The smallest absolute Gasteiger partial charge is 0.255 e. The maximum atomic E-state index is 14.1. The maximum absolute atomic E-state index is 14.1. The minimum atomic E-state index is -1.10. The van der Waals surface area contributed by atoms with E-state index in [9.17, 15) is 9.59 Å². The summed E-state index contributed by atoms with van der Waals surface area (Å²) in [6.07, 6.45) is 0. The number of fused-ring (bicyclic) bond motifs is 5. The largest absolute Gasteiger partial charge is 0.356 e. The van der Waals surface area contributed by atoms with Crippen LogP contribution in [0.5, 0.6) is 0 Å². The van der Waals surface area contributed by atoms with Crippen LogP contribution in [0.4, 0.5) is 0 Å². The Labute approximate surface area is 202 Å². The van der Waals surface area contributed by atoms with E-state index in [0.29, 0.717) is 18.1 Å². The van der Waals surface area contributed by atoms with E-state index >= 15 is 0 Å². The molecular weight excluding hydrogens is 446 g/mol. The van der Waals surface area contributed by atoms with Crippen LogP contribution in [0.15, 0.2) is 78.9 Å². The van der Waals surface area contributed by atoms with Crippen LogP contribution in [-0.2, 0) is 21.7 Å². The molecule has 4 aromatic rings. The number of nitrogens with one attached hydrogen (secondary N) is 1. The Morgan fingerprint density at radius 2 is 1.68 bits per heavy atom. The van der Waals surface area contributed by atoms with Crippen LogP contribution in [0.3, 0.4) is 0 Å². The Kier molecular flexibility index (Phi) is 4.78. The molecule has 6 heteroatoms. The predicted octanol–water partition coefficient (Wildman–Crippen LogP) is 5.05. The number of para-hydroxylation sites is 1. The number of hydrogen-bond acceptors (Lipinski definition) is 2. The zero-order valence-corrected chi connectivity index (χ0v) is 19.5. The summed E-state index contributed by atoms with van der Waals surface area (Å²) in [5.41, 5.74) is 3.84. The fraction of sp³-hybridized carbons (Fsp3) is 0.214. The summed E-state index contributed by atoms with van der Waals surface area (Å²) in [5, 5.41) is 1.75. The van der Waals surface area contributed by atoms with Gasteiger partial charge in [-0.1, -0.05) is 72.3 Å². The van der Waals surface area contributed by atoms with Crippen LogP contribution >= 0.6 is 11.6 Å². The van der Waals surface area contributed by atoms with Crippen molar-refractivity contribution in [3.63, 3.8) is 0 Å². The summed E-state index contributed by atoms with van der Waals surface area (Å²) >= 11 is 6.16. The molecule has 2 aliphatic heterocycles. The van der Waals surface area contributed by atoms with Crippen molar-refractivity contribution in [3.05, 3.63) is 106 Å². The maximum Gasteiger partial charge on any atom is 0.255 e. The van der Waals surface area contributed by atoms with Crippen LogP contribution in [0, 0.1) is 0 Å². The fourth-order valence-corrected chi connectivity index (χ4v) is 5.73. The Morgan fingerprint density at radius 3 is 2.44 bits per heavy atom. The molecule has 2 amide bonds. The zero-order valence-electron chi connectivity index (χ0n) is 18.8. The van der Waals surface area contributed by atoms with Gasteiger partial charge in [-0.15, -0.1) is 0 Å². The lowest BCUT2D eigenvalue weighted by atomic mass is 9.76. The number of carbonyl (C=O) groups is 2. The quantitative estimate of drug-likeness (QED) is 0.456. The molecule has 3 heterocycles. The number of H-pyrrole nitrogens is 1. The number of carbonyl (C=O) groups excluding carboxylic acids is 2. The SMILES string of the molecule is C[C@]12C(=O)N(Cc3ccccc3)CC(=O)N1C[C@H](c1ccc(Cl)cc1)c1c2[nH]c2ccccc12. The molecule has 0 saturated carbocycles. The van der Waals surface area contributed by atoms with Gasteiger partial charge in [0.1, 0.15) is 6.54 Å². The van der Waals surface area contributed by atoms with E-state index in [-0.39, 0.29) is 24.3 Å². The summed E-state index contributed by atoms with van der Waals surface area (Å²) in [6, 6.07) is 25.7. The molecule has 0 bridgehead atoms. The highest BCUT2D eigenvalue weighted by molar-refractivity contribution is 6.30. The van der Waals surface area contributed by atoms with E-state index < -0.39 is 5.54 Å². The molecule has 3 aromatic carbocycles. The molecule has 2 atom stereocenters. The highest BCUT2D eigenvalue weighted by atomic mass is 35.5. The first-order valence-corrected chi connectivity index (χ1v) is 11.8. The summed E-state index contributed by atoms with van der Waals surface area (Å²) in [4.78, 5) is 34.6. The lowest BCUT2D eigenvalue weighted by Crippen LogP contribution is -2.67. The third kappa shape index (κ3) is 3.07. The van der Waals surface area contributed by atoms with Gasteiger partial charge >= 0.3 is 0 Å². The van der Waals surface area contributed by atoms with Crippen molar-refractivity contribution in [1.29, 1.82) is 0 Å². The van der Waals surface area contributed by atoms with Gasteiger partial charge in [0.15, 0.2) is 5.54 Å². The van der Waals surface area contributed by atoms with Crippen LogP contribution in [0.2, 0.25) is 5.02 Å². The van der Waals surface area contributed by atoms with E-state index in [4.69, 9.17) is 11.6 Å². The Bertz CT molecular complexity index is 1410. The number of aromatic amines is 1. The molecule has 1 fully saturated rings. The highest BCUT2D eigenvalue weighted by Crippen LogP contribution is 2.48. The number of rotatable bonds is 3. The zero-order chi connectivity index (χ0) is 23.4. The molecule has 1 aromatic heterocycles. The highest BCUT2D eigenvalue weighted by Gasteiger charge is 2.56. The fourth-order valence-electron chi connectivity index (χ4n) is 5.60. The number of aromatic nitrogens is 1. The standard InChI is InChI=1S/C28H24ClN3O2/c1-28-26-25(21-9-5-6-10-23(21)30-26)22(19-11-13-20(29)14-12-19)16-32(28)24(33)17-31(27(28)34)15-18-7-3-2-4-8-18/h2-14,22,30H,15-17H2,1H3/t22-,28+/m1/s1. The van der Waals surface area contributed by atoms with Gasteiger partial charge < -0.3 is 14.8 Å². The third-order valence-electron chi connectivity index (χ3n) is 7.31. The monoisotopic (exact) mass is 469 g/mol. The number of benzene rings is 3. The molecule has 34 heavy (non-hydrogen) atoms.